The molecule has 4 nitrogen and oxygen atoms in total. The number of carboxylic acid groups (broad SMARTS) is 1. The van der Waals surface area contributed by atoms with E-state index in [1.54, 1.807) is 48.5 Å². The molecule has 3 aromatic rings. The van der Waals surface area contributed by atoms with E-state index in [2.05, 4.69) is 10.5 Å². The van der Waals surface area contributed by atoms with E-state index in [9.17, 15) is 9.90 Å². The highest BCUT2D eigenvalue weighted by Crippen LogP contribution is 2.18. The summed E-state index contributed by atoms with van der Waals surface area (Å²) in [4.78, 5) is 11.6. The maximum Gasteiger partial charge on any atom is 0.336 e. The molecule has 0 amide bonds. The molecule has 0 aliphatic heterocycles. The van der Waals surface area contributed by atoms with Crippen LogP contribution in [0.1, 0.15) is 21.5 Å². The predicted octanol–water partition coefficient (Wildman–Crippen LogP) is 4.90. The highest BCUT2D eigenvalue weighted by Gasteiger charge is 2.16. The highest BCUT2D eigenvalue weighted by atomic mass is 35.5. The number of hydrogen-bond donors (Lipinski definition) is 2. The molecule has 0 heterocycles. The first-order chi connectivity index (χ1) is 12.1. The SMILES string of the molecule is O=C(O)c1ccccc1/C(=N/Nc1ccc(Cl)cc1)c1ccccc1. The zero-order valence-electron chi connectivity index (χ0n) is 13.2. The summed E-state index contributed by atoms with van der Waals surface area (Å²) < 4.78 is 0. The molecule has 2 N–H and O–H groups in total. The molecule has 0 radical (unpaired) electrons. The Morgan fingerprint density at radius 3 is 2.08 bits per heavy atom. The van der Waals surface area contributed by atoms with Crippen LogP contribution in [0.2, 0.25) is 5.02 Å². The molecule has 0 spiro atoms. The van der Waals surface area contributed by atoms with E-state index in [0.717, 1.165) is 11.3 Å². The number of nitrogens with zero attached hydrogens (tertiary/aromatic N) is 1. The molecule has 124 valence electrons. The number of halogens is 1. The number of rotatable bonds is 5. The van der Waals surface area contributed by atoms with E-state index in [0.29, 0.717) is 16.3 Å². The molecule has 0 saturated carbocycles. The van der Waals surface area contributed by atoms with Gasteiger partial charge in [-0.1, -0.05) is 60.1 Å². The number of nitrogens with one attached hydrogen (secondary N) is 1. The second-order valence-electron chi connectivity index (χ2n) is 5.30. The second-order valence-corrected chi connectivity index (χ2v) is 5.73. The Balaban J connectivity index is 2.06. The van der Waals surface area contributed by atoms with Crippen LogP contribution in [0, 0.1) is 0 Å². The number of aromatic carboxylic acids is 1. The topological polar surface area (TPSA) is 61.7 Å². The van der Waals surface area contributed by atoms with Gasteiger partial charge in [0.2, 0.25) is 0 Å². The van der Waals surface area contributed by atoms with Gasteiger partial charge >= 0.3 is 5.97 Å². The molecule has 0 saturated heterocycles. The maximum absolute atomic E-state index is 11.6. The molecule has 0 unspecified atom stereocenters. The average Bonchev–Trinajstić information content (AvgIpc) is 2.64. The van der Waals surface area contributed by atoms with Crippen LogP contribution in [0.15, 0.2) is 84.0 Å². The van der Waals surface area contributed by atoms with Crippen LogP contribution >= 0.6 is 11.6 Å². The number of carboxylic acids is 1. The van der Waals surface area contributed by atoms with Crippen molar-refractivity contribution in [1.82, 2.24) is 0 Å². The van der Waals surface area contributed by atoms with E-state index >= 15 is 0 Å². The lowest BCUT2D eigenvalue weighted by atomic mass is 9.97. The van der Waals surface area contributed by atoms with E-state index < -0.39 is 5.97 Å². The van der Waals surface area contributed by atoms with Gasteiger partial charge in [0, 0.05) is 16.1 Å². The summed E-state index contributed by atoms with van der Waals surface area (Å²) in [6.45, 7) is 0. The van der Waals surface area contributed by atoms with Crippen LogP contribution in [0.3, 0.4) is 0 Å². The van der Waals surface area contributed by atoms with Crippen molar-refractivity contribution in [3.05, 3.63) is 101 Å². The largest absolute Gasteiger partial charge is 0.478 e. The Labute approximate surface area is 150 Å². The van der Waals surface area contributed by atoms with Gasteiger partial charge in [0.25, 0.3) is 0 Å². The lowest BCUT2D eigenvalue weighted by molar-refractivity contribution is 0.0696. The normalized spacial score (nSPS) is 11.2. The van der Waals surface area contributed by atoms with Crippen molar-refractivity contribution in [2.45, 2.75) is 0 Å². The van der Waals surface area contributed by atoms with Crippen LogP contribution in [0.25, 0.3) is 0 Å². The minimum absolute atomic E-state index is 0.197. The molecular formula is C20H15ClN2O2. The van der Waals surface area contributed by atoms with Crippen molar-refractivity contribution in [3.63, 3.8) is 0 Å². The van der Waals surface area contributed by atoms with Gasteiger partial charge in [-0.25, -0.2) is 4.79 Å². The molecule has 3 rings (SSSR count). The minimum Gasteiger partial charge on any atom is -0.478 e. The lowest BCUT2D eigenvalue weighted by Gasteiger charge is -2.11. The van der Waals surface area contributed by atoms with Crippen LogP contribution in [-0.2, 0) is 0 Å². The first-order valence-electron chi connectivity index (χ1n) is 7.62. The van der Waals surface area contributed by atoms with Crippen LogP contribution < -0.4 is 5.43 Å². The fourth-order valence-corrected chi connectivity index (χ4v) is 2.52. The van der Waals surface area contributed by atoms with Crippen LogP contribution in [0.4, 0.5) is 5.69 Å². The average molecular weight is 351 g/mol. The van der Waals surface area contributed by atoms with Gasteiger partial charge in [-0.15, -0.1) is 0 Å². The first-order valence-corrected chi connectivity index (χ1v) is 8.00. The molecule has 0 atom stereocenters. The third-order valence-electron chi connectivity index (χ3n) is 3.60. The van der Waals surface area contributed by atoms with Gasteiger partial charge in [0.05, 0.1) is 17.0 Å². The Morgan fingerprint density at radius 2 is 1.44 bits per heavy atom. The monoisotopic (exact) mass is 350 g/mol. The summed E-state index contributed by atoms with van der Waals surface area (Å²) in [6, 6.07) is 23.4. The number of anilines is 1. The molecule has 0 bridgehead atoms. The molecule has 3 aromatic carbocycles. The number of carbonyl (C=O) groups is 1. The van der Waals surface area contributed by atoms with Crippen molar-refractivity contribution in [3.8, 4) is 0 Å². The molecule has 0 aliphatic rings. The fraction of sp³-hybridized carbons (Fsp3) is 0. The highest BCUT2D eigenvalue weighted by molar-refractivity contribution is 6.30. The third-order valence-corrected chi connectivity index (χ3v) is 3.85. The van der Waals surface area contributed by atoms with Gasteiger partial charge in [-0.2, -0.15) is 5.10 Å². The fourth-order valence-electron chi connectivity index (χ4n) is 2.40. The summed E-state index contributed by atoms with van der Waals surface area (Å²) in [5.41, 5.74) is 5.83. The zero-order chi connectivity index (χ0) is 17.6. The van der Waals surface area contributed by atoms with Crippen molar-refractivity contribution in [2.24, 2.45) is 5.10 Å². The smallest absolute Gasteiger partial charge is 0.336 e. The summed E-state index contributed by atoms with van der Waals surface area (Å²) in [6.07, 6.45) is 0. The second kappa shape index (κ2) is 7.64. The molecule has 25 heavy (non-hydrogen) atoms. The Morgan fingerprint density at radius 1 is 0.840 bits per heavy atom. The van der Waals surface area contributed by atoms with E-state index in [1.165, 1.54) is 0 Å². The summed E-state index contributed by atoms with van der Waals surface area (Å²) in [5, 5.41) is 14.6. The van der Waals surface area contributed by atoms with Crippen LogP contribution in [-0.4, -0.2) is 16.8 Å². The lowest BCUT2D eigenvalue weighted by Crippen LogP contribution is -2.12. The first kappa shape index (κ1) is 16.7. The number of hydrazone groups is 1. The van der Waals surface area contributed by atoms with E-state index in [-0.39, 0.29) is 5.56 Å². The number of hydrogen-bond acceptors (Lipinski definition) is 3. The summed E-state index contributed by atoms with van der Waals surface area (Å²) in [5.74, 6) is -0.995. The van der Waals surface area contributed by atoms with Crippen molar-refractivity contribution < 1.29 is 9.90 Å². The molecule has 0 aliphatic carbocycles. The standard InChI is InChI=1S/C20H15ClN2O2/c21-15-10-12-16(13-11-15)22-23-19(14-6-2-1-3-7-14)17-8-4-5-9-18(17)20(24)25/h1-13,22H,(H,24,25)/b23-19+. The van der Waals surface area contributed by atoms with E-state index in [4.69, 9.17) is 11.6 Å². The minimum atomic E-state index is -0.995. The Hall–Kier alpha value is -3.11. The van der Waals surface area contributed by atoms with Crippen molar-refractivity contribution in [1.29, 1.82) is 0 Å². The third kappa shape index (κ3) is 4.05. The van der Waals surface area contributed by atoms with Gasteiger partial charge in [0.1, 0.15) is 0 Å². The van der Waals surface area contributed by atoms with Crippen molar-refractivity contribution >= 4 is 29.0 Å². The predicted molar refractivity (Wildman–Crippen MR) is 101 cm³/mol. The maximum atomic E-state index is 11.6. The molecule has 0 fully saturated rings. The van der Waals surface area contributed by atoms with Gasteiger partial charge < -0.3 is 5.11 Å². The Kier molecular flexibility index (Phi) is 5.11. The van der Waals surface area contributed by atoms with Crippen LogP contribution in [0.5, 0.6) is 0 Å². The molecule has 0 aromatic heterocycles. The molecular weight excluding hydrogens is 336 g/mol. The van der Waals surface area contributed by atoms with Crippen molar-refractivity contribution in [2.75, 3.05) is 5.43 Å². The van der Waals surface area contributed by atoms with Gasteiger partial charge in [0.15, 0.2) is 0 Å². The Bertz CT molecular complexity index is 906. The quantitative estimate of drug-likeness (QED) is 0.508. The summed E-state index contributed by atoms with van der Waals surface area (Å²) >= 11 is 5.89. The number of benzene rings is 3. The zero-order valence-corrected chi connectivity index (χ0v) is 13.9. The molecule has 5 heteroatoms. The van der Waals surface area contributed by atoms with Gasteiger partial charge in [-0.3, -0.25) is 5.43 Å². The summed E-state index contributed by atoms with van der Waals surface area (Å²) in [7, 11) is 0. The van der Waals surface area contributed by atoms with Gasteiger partial charge in [-0.05, 0) is 30.3 Å². The van der Waals surface area contributed by atoms with E-state index in [1.807, 2.05) is 30.3 Å².